The van der Waals surface area contributed by atoms with Crippen molar-refractivity contribution in [2.24, 2.45) is 0 Å². The highest BCUT2D eigenvalue weighted by Crippen LogP contribution is 2.28. The van der Waals surface area contributed by atoms with E-state index in [1.807, 2.05) is 13.0 Å². The zero-order valence-electron chi connectivity index (χ0n) is 8.63. The maximum atomic E-state index is 13.3. The lowest BCUT2D eigenvalue weighted by Gasteiger charge is -2.05. The molecule has 3 nitrogen and oxygen atoms in total. The van der Waals surface area contributed by atoms with Gasteiger partial charge in [0.2, 0.25) is 0 Å². The largest absolute Gasteiger partial charge is 0.382 e. The number of H-pyrrole nitrogens is 1. The van der Waals surface area contributed by atoms with E-state index in [9.17, 15) is 4.39 Å². The average Bonchev–Trinajstić information content (AvgIpc) is 2.53. The molecule has 1 aromatic carbocycles. The molecule has 0 bridgehead atoms. The number of hydrogen-bond donors (Lipinski definition) is 2. The van der Waals surface area contributed by atoms with Crippen LogP contribution in [0.4, 0.5) is 10.2 Å². The van der Waals surface area contributed by atoms with Crippen molar-refractivity contribution in [3.8, 4) is 11.3 Å². The van der Waals surface area contributed by atoms with Gasteiger partial charge in [-0.2, -0.15) is 5.10 Å². The highest BCUT2D eigenvalue weighted by atomic mass is 19.1. The van der Waals surface area contributed by atoms with Crippen LogP contribution in [-0.4, -0.2) is 10.2 Å². The molecule has 0 amide bonds. The standard InChI is InChI=1S/C11H12FN3/c1-6-8(4-3-5-9(6)12)10-7(2)11(13)15-14-10/h3-5H,1-2H3,(H3,13,14,15). The first-order valence-corrected chi connectivity index (χ1v) is 4.67. The molecule has 4 heteroatoms. The molecule has 0 fully saturated rings. The lowest BCUT2D eigenvalue weighted by molar-refractivity contribution is 0.619. The Morgan fingerprint density at radius 3 is 2.60 bits per heavy atom. The molecule has 0 spiro atoms. The Kier molecular flexibility index (Phi) is 2.19. The summed E-state index contributed by atoms with van der Waals surface area (Å²) in [5.74, 6) is 0.230. The van der Waals surface area contributed by atoms with Crippen LogP contribution in [0.15, 0.2) is 18.2 Å². The van der Waals surface area contributed by atoms with Crippen LogP contribution in [0.25, 0.3) is 11.3 Å². The number of aromatic nitrogens is 2. The highest BCUT2D eigenvalue weighted by Gasteiger charge is 2.12. The van der Waals surface area contributed by atoms with E-state index in [0.29, 0.717) is 11.4 Å². The second kappa shape index (κ2) is 3.38. The second-order valence-electron chi connectivity index (χ2n) is 3.52. The van der Waals surface area contributed by atoms with Crippen molar-refractivity contribution in [1.29, 1.82) is 0 Å². The number of nitrogen functional groups attached to an aromatic ring is 1. The molecule has 1 aromatic heterocycles. The van der Waals surface area contributed by atoms with Crippen LogP contribution in [0, 0.1) is 19.7 Å². The Balaban J connectivity index is 2.64. The van der Waals surface area contributed by atoms with Crippen molar-refractivity contribution >= 4 is 5.82 Å². The average molecular weight is 205 g/mol. The lowest BCUT2D eigenvalue weighted by atomic mass is 10.0. The molecule has 0 aliphatic rings. The van der Waals surface area contributed by atoms with Crippen LogP contribution >= 0.6 is 0 Å². The van der Waals surface area contributed by atoms with Gasteiger partial charge in [-0.15, -0.1) is 0 Å². The van der Waals surface area contributed by atoms with Gasteiger partial charge in [0.25, 0.3) is 0 Å². The van der Waals surface area contributed by atoms with E-state index in [4.69, 9.17) is 5.73 Å². The SMILES string of the molecule is Cc1c(F)cccc1-c1[nH]nc(N)c1C. The summed E-state index contributed by atoms with van der Waals surface area (Å²) in [4.78, 5) is 0. The topological polar surface area (TPSA) is 54.7 Å². The van der Waals surface area contributed by atoms with Gasteiger partial charge in [0.05, 0.1) is 5.69 Å². The predicted octanol–water partition coefficient (Wildman–Crippen LogP) is 2.41. The third-order valence-corrected chi connectivity index (χ3v) is 2.58. The Morgan fingerprint density at radius 2 is 2.00 bits per heavy atom. The number of aromatic amines is 1. The van der Waals surface area contributed by atoms with Gasteiger partial charge in [0.1, 0.15) is 11.6 Å². The van der Waals surface area contributed by atoms with E-state index in [2.05, 4.69) is 10.2 Å². The van der Waals surface area contributed by atoms with Gasteiger partial charge in [0, 0.05) is 11.1 Å². The third kappa shape index (κ3) is 1.48. The molecule has 0 aliphatic heterocycles. The number of nitrogens with zero attached hydrogens (tertiary/aromatic N) is 1. The third-order valence-electron chi connectivity index (χ3n) is 2.58. The van der Waals surface area contributed by atoms with Crippen molar-refractivity contribution in [1.82, 2.24) is 10.2 Å². The molecule has 2 aromatic rings. The molecular weight excluding hydrogens is 193 g/mol. The highest BCUT2D eigenvalue weighted by molar-refractivity contribution is 5.70. The molecule has 3 N–H and O–H groups in total. The van der Waals surface area contributed by atoms with Gasteiger partial charge in [-0.25, -0.2) is 4.39 Å². The van der Waals surface area contributed by atoms with Gasteiger partial charge in [-0.3, -0.25) is 5.10 Å². The maximum absolute atomic E-state index is 13.3. The first-order chi connectivity index (χ1) is 7.11. The molecule has 0 saturated carbocycles. The molecule has 0 radical (unpaired) electrons. The summed E-state index contributed by atoms with van der Waals surface area (Å²) in [6, 6.07) is 4.96. The summed E-state index contributed by atoms with van der Waals surface area (Å²) in [6.45, 7) is 3.60. The number of nitrogens with one attached hydrogen (secondary N) is 1. The number of nitrogens with two attached hydrogens (primary N) is 1. The minimum Gasteiger partial charge on any atom is -0.382 e. The molecule has 0 unspecified atom stereocenters. The summed E-state index contributed by atoms with van der Waals surface area (Å²) in [5.41, 5.74) is 8.67. The molecule has 0 atom stereocenters. The molecule has 1 heterocycles. The zero-order chi connectivity index (χ0) is 11.0. The Labute approximate surface area is 87.1 Å². The first kappa shape index (κ1) is 9.71. The van der Waals surface area contributed by atoms with Crippen molar-refractivity contribution in [2.75, 3.05) is 5.73 Å². The fourth-order valence-electron chi connectivity index (χ4n) is 1.55. The minimum atomic E-state index is -0.222. The van der Waals surface area contributed by atoms with E-state index in [1.165, 1.54) is 6.07 Å². The van der Waals surface area contributed by atoms with E-state index in [1.54, 1.807) is 13.0 Å². The summed E-state index contributed by atoms with van der Waals surface area (Å²) < 4.78 is 13.3. The van der Waals surface area contributed by atoms with Gasteiger partial charge in [-0.05, 0) is 25.5 Å². The zero-order valence-corrected chi connectivity index (χ0v) is 8.63. The number of anilines is 1. The number of rotatable bonds is 1. The number of hydrogen-bond acceptors (Lipinski definition) is 2. The molecule has 2 rings (SSSR count). The fourth-order valence-corrected chi connectivity index (χ4v) is 1.55. The fraction of sp³-hybridized carbons (Fsp3) is 0.182. The maximum Gasteiger partial charge on any atom is 0.148 e. The smallest absolute Gasteiger partial charge is 0.148 e. The van der Waals surface area contributed by atoms with Crippen LogP contribution in [0.5, 0.6) is 0 Å². The normalized spacial score (nSPS) is 10.6. The van der Waals surface area contributed by atoms with Crippen molar-refractivity contribution in [3.05, 3.63) is 35.1 Å². The molecule has 15 heavy (non-hydrogen) atoms. The minimum absolute atomic E-state index is 0.222. The molecule has 0 aliphatic carbocycles. The van der Waals surface area contributed by atoms with Gasteiger partial charge < -0.3 is 5.73 Å². The van der Waals surface area contributed by atoms with Crippen LogP contribution in [-0.2, 0) is 0 Å². The van der Waals surface area contributed by atoms with Gasteiger partial charge >= 0.3 is 0 Å². The molecule has 78 valence electrons. The van der Waals surface area contributed by atoms with Crippen LogP contribution < -0.4 is 5.73 Å². The second-order valence-corrected chi connectivity index (χ2v) is 3.52. The summed E-state index contributed by atoms with van der Waals surface area (Å²) in [5, 5.41) is 6.71. The van der Waals surface area contributed by atoms with Crippen molar-refractivity contribution < 1.29 is 4.39 Å². The monoisotopic (exact) mass is 205 g/mol. The van der Waals surface area contributed by atoms with E-state index < -0.39 is 0 Å². The molecular formula is C11H12FN3. The van der Waals surface area contributed by atoms with E-state index >= 15 is 0 Å². The summed E-state index contributed by atoms with van der Waals surface area (Å²) in [7, 11) is 0. The number of halogens is 1. The lowest BCUT2D eigenvalue weighted by Crippen LogP contribution is -1.90. The molecule has 0 saturated heterocycles. The quantitative estimate of drug-likeness (QED) is 0.751. The van der Waals surface area contributed by atoms with E-state index in [0.717, 1.165) is 16.8 Å². The van der Waals surface area contributed by atoms with Gasteiger partial charge in [0.15, 0.2) is 0 Å². The van der Waals surface area contributed by atoms with Gasteiger partial charge in [-0.1, -0.05) is 12.1 Å². The first-order valence-electron chi connectivity index (χ1n) is 4.67. The van der Waals surface area contributed by atoms with Crippen LogP contribution in [0.3, 0.4) is 0 Å². The Morgan fingerprint density at radius 1 is 1.27 bits per heavy atom. The summed E-state index contributed by atoms with van der Waals surface area (Å²) in [6.07, 6.45) is 0. The van der Waals surface area contributed by atoms with Crippen molar-refractivity contribution in [3.63, 3.8) is 0 Å². The van der Waals surface area contributed by atoms with Crippen molar-refractivity contribution in [2.45, 2.75) is 13.8 Å². The predicted molar refractivity (Wildman–Crippen MR) is 57.9 cm³/mol. The summed E-state index contributed by atoms with van der Waals surface area (Å²) >= 11 is 0. The van der Waals surface area contributed by atoms with E-state index in [-0.39, 0.29) is 5.82 Å². The number of benzene rings is 1. The van der Waals surface area contributed by atoms with Crippen LogP contribution in [0.2, 0.25) is 0 Å². The Bertz CT molecular complexity index is 503. The Hall–Kier alpha value is -1.84. The van der Waals surface area contributed by atoms with Crippen LogP contribution in [0.1, 0.15) is 11.1 Å².